The maximum absolute atomic E-state index is 15.7. The molecule has 5 atom stereocenters. The van der Waals surface area contributed by atoms with Crippen molar-refractivity contribution in [3.63, 3.8) is 0 Å². The Morgan fingerprint density at radius 1 is 1.09 bits per heavy atom. The molecule has 1 aromatic carbocycles. The van der Waals surface area contributed by atoms with Crippen LogP contribution in [-0.4, -0.2) is 55.4 Å². The summed E-state index contributed by atoms with van der Waals surface area (Å²) in [6.07, 6.45) is -2.38. The van der Waals surface area contributed by atoms with Gasteiger partial charge < -0.3 is 18.9 Å². The molecule has 0 aliphatic carbocycles. The molecule has 0 N–H and O–H groups in total. The lowest BCUT2D eigenvalue weighted by Crippen LogP contribution is -2.56. The fourth-order valence-corrected chi connectivity index (χ4v) is 4.72. The van der Waals surface area contributed by atoms with E-state index in [2.05, 4.69) is 19.6 Å². The molecule has 8 nitrogen and oxygen atoms in total. The van der Waals surface area contributed by atoms with Crippen LogP contribution in [0.15, 0.2) is 52.2 Å². The number of ether oxygens (including phenoxy) is 4. The van der Waals surface area contributed by atoms with Crippen LogP contribution in [0, 0.1) is 0 Å². The fourth-order valence-electron chi connectivity index (χ4n) is 3.96. The highest BCUT2D eigenvalue weighted by atomic mass is 28.3. The van der Waals surface area contributed by atoms with Gasteiger partial charge in [-0.05, 0) is 6.04 Å². The van der Waals surface area contributed by atoms with E-state index in [1.165, 1.54) is 16.8 Å². The van der Waals surface area contributed by atoms with E-state index in [1.807, 2.05) is 30.3 Å². The lowest BCUT2D eigenvalue weighted by Gasteiger charge is -2.44. The number of alkyl halides is 1. The van der Waals surface area contributed by atoms with Crippen molar-refractivity contribution in [3.05, 3.63) is 69.0 Å². The lowest BCUT2D eigenvalue weighted by atomic mass is 9.98. The van der Waals surface area contributed by atoms with Crippen molar-refractivity contribution in [2.24, 2.45) is 0 Å². The molecule has 1 aromatic heterocycles. The second kappa shape index (κ2) is 10.0. The van der Waals surface area contributed by atoms with Gasteiger partial charge in [0.25, 0.3) is 5.56 Å². The first-order chi connectivity index (χ1) is 15.7. The molecule has 0 saturated carbocycles. The SMILES string of the molecule is C[Si](C)(C)CCOCn1c(=O)ccn([C@@H]2CO[C@@H]3COC(c4ccccc4)O[C@H]3[C@H]2F)c1=O. The molecule has 0 spiro atoms. The Kier molecular flexibility index (Phi) is 7.30. The summed E-state index contributed by atoms with van der Waals surface area (Å²) in [5, 5.41) is 0. The van der Waals surface area contributed by atoms with E-state index in [0.717, 1.165) is 16.2 Å². The van der Waals surface area contributed by atoms with Gasteiger partial charge in [-0.15, -0.1) is 0 Å². The topological polar surface area (TPSA) is 80.9 Å². The van der Waals surface area contributed by atoms with Crippen LogP contribution in [-0.2, 0) is 25.7 Å². The summed E-state index contributed by atoms with van der Waals surface area (Å²) in [5.74, 6) is 0. The Hall–Kier alpha value is -2.11. The summed E-state index contributed by atoms with van der Waals surface area (Å²) in [4.78, 5) is 25.3. The van der Waals surface area contributed by atoms with E-state index in [9.17, 15) is 9.59 Å². The highest BCUT2D eigenvalue weighted by Crippen LogP contribution is 2.36. The smallest absolute Gasteiger partial charge is 0.333 e. The molecule has 4 rings (SSSR count). The molecule has 2 aliphatic rings. The first-order valence-corrected chi connectivity index (χ1v) is 14.9. The van der Waals surface area contributed by atoms with E-state index < -0.39 is 50.0 Å². The fraction of sp³-hybridized carbons (Fsp3) is 0.565. The average Bonchev–Trinajstić information content (AvgIpc) is 2.79. The van der Waals surface area contributed by atoms with Gasteiger partial charge in [0.05, 0.1) is 19.3 Å². The van der Waals surface area contributed by atoms with Gasteiger partial charge in [0.2, 0.25) is 0 Å². The number of nitrogens with zero attached hydrogens (tertiary/aromatic N) is 2. The molecule has 2 aromatic rings. The molecule has 33 heavy (non-hydrogen) atoms. The van der Waals surface area contributed by atoms with Gasteiger partial charge in [0, 0.05) is 32.5 Å². The van der Waals surface area contributed by atoms with E-state index in [1.54, 1.807) is 0 Å². The summed E-state index contributed by atoms with van der Waals surface area (Å²) in [7, 11) is -1.30. The maximum atomic E-state index is 15.7. The third kappa shape index (κ3) is 5.52. The second-order valence-corrected chi connectivity index (χ2v) is 15.3. The Labute approximate surface area is 192 Å². The minimum absolute atomic E-state index is 0.0281. The Bertz CT molecular complexity index is 1050. The summed E-state index contributed by atoms with van der Waals surface area (Å²) >= 11 is 0. The normalized spacial score (nSPS) is 27.8. The van der Waals surface area contributed by atoms with Crippen LogP contribution in [0.5, 0.6) is 0 Å². The Morgan fingerprint density at radius 3 is 2.58 bits per heavy atom. The number of halogens is 1. The number of aromatic nitrogens is 2. The summed E-state index contributed by atoms with van der Waals surface area (Å²) in [6, 6.07) is 10.5. The monoisotopic (exact) mass is 478 g/mol. The van der Waals surface area contributed by atoms with Crippen LogP contribution in [0.3, 0.4) is 0 Å². The molecule has 2 aliphatic heterocycles. The minimum atomic E-state index is -1.52. The van der Waals surface area contributed by atoms with Crippen molar-refractivity contribution < 1.29 is 23.3 Å². The van der Waals surface area contributed by atoms with Crippen molar-refractivity contribution in [3.8, 4) is 0 Å². The van der Waals surface area contributed by atoms with Crippen LogP contribution < -0.4 is 11.2 Å². The van der Waals surface area contributed by atoms with Gasteiger partial charge >= 0.3 is 5.69 Å². The van der Waals surface area contributed by atoms with Crippen LogP contribution >= 0.6 is 0 Å². The summed E-state index contributed by atoms with van der Waals surface area (Å²) in [5.41, 5.74) is -0.330. The van der Waals surface area contributed by atoms with Gasteiger partial charge in [0.1, 0.15) is 18.9 Å². The van der Waals surface area contributed by atoms with E-state index >= 15 is 4.39 Å². The molecular formula is C23H31FN2O6Si. The molecule has 0 bridgehead atoms. The first-order valence-electron chi connectivity index (χ1n) is 11.2. The zero-order valence-corrected chi connectivity index (χ0v) is 20.2. The predicted molar refractivity (Wildman–Crippen MR) is 123 cm³/mol. The molecule has 3 heterocycles. The number of fused-ring (bicyclic) bond motifs is 1. The third-order valence-electron chi connectivity index (χ3n) is 5.96. The Balaban J connectivity index is 1.50. The van der Waals surface area contributed by atoms with Crippen LogP contribution in [0.4, 0.5) is 4.39 Å². The molecule has 180 valence electrons. The van der Waals surface area contributed by atoms with Gasteiger partial charge in [-0.1, -0.05) is 50.0 Å². The van der Waals surface area contributed by atoms with Crippen molar-refractivity contribution in [1.29, 1.82) is 0 Å². The molecule has 1 unspecified atom stereocenters. The van der Waals surface area contributed by atoms with Gasteiger partial charge in [-0.25, -0.2) is 13.8 Å². The van der Waals surface area contributed by atoms with Crippen LogP contribution in [0.1, 0.15) is 17.9 Å². The van der Waals surface area contributed by atoms with Crippen molar-refractivity contribution in [1.82, 2.24) is 9.13 Å². The molecular weight excluding hydrogens is 447 g/mol. The second-order valence-electron chi connectivity index (χ2n) is 9.68. The molecule has 0 radical (unpaired) electrons. The van der Waals surface area contributed by atoms with Gasteiger partial charge in [0.15, 0.2) is 12.5 Å². The highest BCUT2D eigenvalue weighted by molar-refractivity contribution is 6.76. The quantitative estimate of drug-likeness (QED) is 0.450. The van der Waals surface area contributed by atoms with Gasteiger partial charge in [-0.3, -0.25) is 9.36 Å². The first kappa shape index (κ1) is 24.0. The van der Waals surface area contributed by atoms with E-state index in [0.29, 0.717) is 6.61 Å². The Morgan fingerprint density at radius 2 is 1.85 bits per heavy atom. The maximum Gasteiger partial charge on any atom is 0.333 e. The predicted octanol–water partition coefficient (Wildman–Crippen LogP) is 2.71. The molecule has 2 saturated heterocycles. The molecule has 0 amide bonds. The largest absolute Gasteiger partial charge is 0.371 e. The zero-order chi connectivity index (χ0) is 23.6. The van der Waals surface area contributed by atoms with Crippen LogP contribution in [0.25, 0.3) is 0 Å². The number of benzene rings is 1. The zero-order valence-electron chi connectivity index (χ0n) is 19.2. The van der Waals surface area contributed by atoms with E-state index in [4.69, 9.17) is 18.9 Å². The number of rotatable bonds is 7. The summed E-state index contributed by atoms with van der Waals surface area (Å²) < 4.78 is 40.9. The lowest BCUT2D eigenvalue weighted by molar-refractivity contribution is -0.298. The highest BCUT2D eigenvalue weighted by Gasteiger charge is 2.47. The van der Waals surface area contributed by atoms with Crippen molar-refractivity contribution in [2.45, 2.75) is 63.1 Å². The summed E-state index contributed by atoms with van der Waals surface area (Å²) in [6.45, 7) is 7.12. The van der Waals surface area contributed by atoms with Crippen LogP contribution in [0.2, 0.25) is 25.7 Å². The standard InChI is InChI=1S/C23H31FN2O6Si/c1-33(2,3)12-11-29-15-26-19(27)9-10-25(23(26)28)17-13-30-18-14-31-22(32-21(18)20(17)24)16-7-5-4-6-8-16/h4-10,17-18,20-22H,11-15H2,1-3H3/t17-,18-,20+,21-,22?/m1/s1. The van der Waals surface area contributed by atoms with Crippen molar-refractivity contribution >= 4 is 8.07 Å². The minimum Gasteiger partial charge on any atom is -0.371 e. The molecule has 2 fully saturated rings. The number of hydrogen-bond donors (Lipinski definition) is 0. The van der Waals surface area contributed by atoms with Gasteiger partial charge in [-0.2, -0.15) is 0 Å². The van der Waals surface area contributed by atoms with E-state index in [-0.39, 0.29) is 19.9 Å². The average molecular weight is 479 g/mol. The van der Waals surface area contributed by atoms with Crippen molar-refractivity contribution in [2.75, 3.05) is 19.8 Å². The number of hydrogen-bond acceptors (Lipinski definition) is 6. The third-order valence-corrected chi connectivity index (χ3v) is 7.67. The molecule has 10 heteroatoms.